The number of imide groups is 1. The summed E-state index contributed by atoms with van der Waals surface area (Å²) in [6.07, 6.45) is -0.0928. The summed E-state index contributed by atoms with van der Waals surface area (Å²) in [5.41, 5.74) is -0.840. The number of aromatic nitrogens is 2. The standard InChI is InChI=1S/C25H30N4O7S/c1-13(30)27-21-28-16-10-9-15(19(32)20(16)37-21)18(31)14-8-11-17(26-12-14)29(22(33)35-24(2,3)4)23(34)36-25(5,6)7/h8,11-12,32H,9-10H2,1-7H3,(H,27,28,30). The molecule has 198 valence electrons. The number of amides is 3. The number of aryl methyl sites for hydroxylation is 1. The quantitative estimate of drug-likeness (QED) is 0.504. The largest absolute Gasteiger partial charge is 0.506 e. The lowest BCUT2D eigenvalue weighted by molar-refractivity contribution is -0.114. The summed E-state index contributed by atoms with van der Waals surface area (Å²) in [6, 6.07) is 2.73. The van der Waals surface area contributed by atoms with Gasteiger partial charge in [0.2, 0.25) is 5.91 Å². The molecule has 0 aliphatic heterocycles. The zero-order chi connectivity index (χ0) is 27.7. The van der Waals surface area contributed by atoms with E-state index in [2.05, 4.69) is 15.3 Å². The number of thiazole rings is 1. The van der Waals surface area contributed by atoms with Crippen molar-refractivity contribution in [2.24, 2.45) is 0 Å². The Bertz CT molecular complexity index is 1240. The van der Waals surface area contributed by atoms with Crippen molar-refractivity contribution in [1.82, 2.24) is 9.97 Å². The van der Waals surface area contributed by atoms with Gasteiger partial charge in [0.15, 0.2) is 10.9 Å². The molecule has 1 aliphatic rings. The minimum absolute atomic E-state index is 0.0911. The molecule has 3 rings (SSSR count). The molecule has 2 N–H and O–H groups in total. The molecular weight excluding hydrogens is 500 g/mol. The zero-order valence-electron chi connectivity index (χ0n) is 21.8. The molecule has 3 amide bonds. The molecule has 2 heterocycles. The van der Waals surface area contributed by atoms with Crippen molar-refractivity contribution >= 4 is 51.9 Å². The third-order valence-electron chi connectivity index (χ3n) is 4.76. The number of aliphatic hydroxyl groups is 1. The Kier molecular flexibility index (Phi) is 7.72. The van der Waals surface area contributed by atoms with Gasteiger partial charge in [-0.2, -0.15) is 4.90 Å². The molecule has 12 heteroatoms. The van der Waals surface area contributed by atoms with E-state index < -0.39 is 29.2 Å². The van der Waals surface area contributed by atoms with Gasteiger partial charge in [0.1, 0.15) is 22.8 Å². The lowest BCUT2D eigenvalue weighted by Crippen LogP contribution is -2.44. The number of anilines is 2. The molecule has 0 saturated heterocycles. The fourth-order valence-electron chi connectivity index (χ4n) is 3.33. The first-order valence-electron chi connectivity index (χ1n) is 11.5. The number of hydrogen-bond acceptors (Lipinski definition) is 10. The van der Waals surface area contributed by atoms with Gasteiger partial charge >= 0.3 is 12.2 Å². The predicted molar refractivity (Wildman–Crippen MR) is 138 cm³/mol. The summed E-state index contributed by atoms with van der Waals surface area (Å²) < 4.78 is 10.7. The van der Waals surface area contributed by atoms with Crippen LogP contribution in [0.25, 0.3) is 5.76 Å². The maximum Gasteiger partial charge on any atom is 0.425 e. The van der Waals surface area contributed by atoms with Gasteiger partial charge < -0.3 is 19.9 Å². The van der Waals surface area contributed by atoms with Crippen LogP contribution < -0.4 is 10.2 Å². The van der Waals surface area contributed by atoms with Crippen LogP contribution in [0.2, 0.25) is 0 Å². The number of hydrogen-bond donors (Lipinski definition) is 2. The Labute approximate surface area is 218 Å². The Morgan fingerprint density at radius 1 is 1.00 bits per heavy atom. The number of allylic oxidation sites excluding steroid dienone is 1. The van der Waals surface area contributed by atoms with Crippen molar-refractivity contribution in [1.29, 1.82) is 0 Å². The molecule has 2 aromatic rings. The lowest BCUT2D eigenvalue weighted by Gasteiger charge is -2.28. The maximum atomic E-state index is 13.2. The molecule has 1 aliphatic carbocycles. The predicted octanol–water partition coefficient (Wildman–Crippen LogP) is 5.27. The minimum Gasteiger partial charge on any atom is -0.506 e. The number of aliphatic hydroxyl groups excluding tert-OH is 1. The number of nitrogens with one attached hydrogen (secondary N) is 1. The van der Waals surface area contributed by atoms with Crippen molar-refractivity contribution in [3.05, 3.63) is 40.0 Å². The van der Waals surface area contributed by atoms with Crippen molar-refractivity contribution < 1.29 is 33.8 Å². The van der Waals surface area contributed by atoms with Crippen LogP contribution in [-0.4, -0.2) is 50.2 Å². The number of ether oxygens (including phenoxy) is 2. The molecule has 0 bridgehead atoms. The minimum atomic E-state index is -0.978. The molecule has 0 atom stereocenters. The van der Waals surface area contributed by atoms with Crippen LogP contribution in [0.15, 0.2) is 23.9 Å². The van der Waals surface area contributed by atoms with Gasteiger partial charge in [0.05, 0.1) is 10.6 Å². The zero-order valence-corrected chi connectivity index (χ0v) is 22.6. The highest BCUT2D eigenvalue weighted by Crippen LogP contribution is 2.37. The van der Waals surface area contributed by atoms with Crippen LogP contribution >= 0.6 is 11.3 Å². The third-order valence-corrected chi connectivity index (χ3v) is 5.78. The summed E-state index contributed by atoms with van der Waals surface area (Å²) in [5.74, 6) is -1.04. The smallest absolute Gasteiger partial charge is 0.425 e. The van der Waals surface area contributed by atoms with Crippen LogP contribution in [-0.2, 0) is 20.7 Å². The topological polar surface area (TPSA) is 148 Å². The van der Waals surface area contributed by atoms with E-state index >= 15 is 0 Å². The third kappa shape index (κ3) is 6.91. The summed E-state index contributed by atoms with van der Waals surface area (Å²) in [4.78, 5) is 59.6. The molecule has 0 aromatic carbocycles. The highest BCUT2D eigenvalue weighted by Gasteiger charge is 2.34. The second kappa shape index (κ2) is 10.3. The van der Waals surface area contributed by atoms with E-state index in [1.165, 1.54) is 25.3 Å². The first kappa shape index (κ1) is 27.8. The van der Waals surface area contributed by atoms with E-state index in [1.54, 1.807) is 41.5 Å². The highest BCUT2D eigenvalue weighted by atomic mass is 32.1. The molecule has 0 fully saturated rings. The van der Waals surface area contributed by atoms with Gasteiger partial charge in [0, 0.05) is 24.3 Å². The first-order chi connectivity index (χ1) is 17.1. The average Bonchev–Trinajstić information content (AvgIpc) is 3.14. The van der Waals surface area contributed by atoms with Gasteiger partial charge in [-0.25, -0.2) is 19.6 Å². The number of ketones is 1. The molecule has 37 heavy (non-hydrogen) atoms. The van der Waals surface area contributed by atoms with Gasteiger partial charge in [-0.05, 0) is 66.5 Å². The van der Waals surface area contributed by atoms with E-state index in [0.29, 0.717) is 27.0 Å². The van der Waals surface area contributed by atoms with Crippen LogP contribution in [0.4, 0.5) is 20.5 Å². The van der Waals surface area contributed by atoms with Gasteiger partial charge in [-0.1, -0.05) is 11.3 Å². The van der Waals surface area contributed by atoms with Gasteiger partial charge in [-0.15, -0.1) is 0 Å². The fourth-order valence-corrected chi connectivity index (χ4v) is 4.36. The van der Waals surface area contributed by atoms with E-state index in [1.807, 2.05) is 0 Å². The van der Waals surface area contributed by atoms with Crippen LogP contribution in [0.5, 0.6) is 0 Å². The first-order valence-corrected chi connectivity index (χ1v) is 12.3. The number of fused-ring (bicyclic) bond motifs is 1. The number of Topliss-reactive ketones (excluding diaryl/α,β-unsaturated/α-hetero) is 1. The Balaban J connectivity index is 1.89. The summed E-state index contributed by atoms with van der Waals surface area (Å²) in [5, 5.41) is 13.7. The van der Waals surface area contributed by atoms with Gasteiger partial charge in [0.25, 0.3) is 0 Å². The lowest BCUT2D eigenvalue weighted by atomic mass is 9.93. The van der Waals surface area contributed by atoms with Crippen molar-refractivity contribution in [2.75, 3.05) is 10.2 Å². The summed E-state index contributed by atoms with van der Waals surface area (Å²) in [6.45, 7) is 11.3. The molecule has 0 saturated carbocycles. The highest BCUT2D eigenvalue weighted by molar-refractivity contribution is 7.16. The van der Waals surface area contributed by atoms with E-state index in [-0.39, 0.29) is 35.0 Å². The van der Waals surface area contributed by atoms with E-state index in [4.69, 9.17) is 9.47 Å². The average molecular weight is 531 g/mol. The second-order valence-corrected chi connectivity index (χ2v) is 11.3. The summed E-state index contributed by atoms with van der Waals surface area (Å²) in [7, 11) is 0. The molecule has 0 spiro atoms. The van der Waals surface area contributed by atoms with Crippen molar-refractivity contribution in [2.45, 2.75) is 72.5 Å². The fraction of sp³-hybridized carbons (Fsp3) is 0.440. The van der Waals surface area contributed by atoms with E-state index in [0.717, 1.165) is 11.3 Å². The Hall–Kier alpha value is -3.80. The number of rotatable bonds is 4. The Morgan fingerprint density at radius 3 is 2.08 bits per heavy atom. The summed E-state index contributed by atoms with van der Waals surface area (Å²) >= 11 is 1.08. The molecular formula is C25H30N4O7S. The maximum absolute atomic E-state index is 13.2. The van der Waals surface area contributed by atoms with E-state index in [9.17, 15) is 24.3 Å². The number of carbonyl (C=O) groups excluding carboxylic acids is 4. The van der Waals surface area contributed by atoms with Crippen LogP contribution in [0, 0.1) is 0 Å². The van der Waals surface area contributed by atoms with Crippen molar-refractivity contribution in [3.8, 4) is 0 Å². The van der Waals surface area contributed by atoms with Gasteiger partial charge in [-0.3, -0.25) is 9.59 Å². The second-order valence-electron chi connectivity index (χ2n) is 10.3. The molecule has 11 nitrogen and oxygen atoms in total. The monoisotopic (exact) mass is 530 g/mol. The number of carbonyl (C=O) groups is 4. The van der Waals surface area contributed by atoms with Crippen LogP contribution in [0.1, 0.15) is 75.8 Å². The molecule has 0 radical (unpaired) electrons. The Morgan fingerprint density at radius 2 is 1.59 bits per heavy atom. The molecule has 0 unspecified atom stereocenters. The number of pyridine rings is 1. The molecule has 2 aromatic heterocycles. The van der Waals surface area contributed by atoms with Crippen molar-refractivity contribution in [3.63, 3.8) is 0 Å². The number of nitrogens with zero attached hydrogens (tertiary/aromatic N) is 3. The SMILES string of the molecule is CC(=O)Nc1nc2c(s1)C(O)=C(C(=O)c1ccc(N(C(=O)OC(C)(C)C)C(=O)OC(C)(C)C)nc1)CC2. The van der Waals surface area contributed by atoms with Crippen LogP contribution in [0.3, 0.4) is 0 Å². The normalized spacial score (nSPS) is 13.5.